The van der Waals surface area contributed by atoms with E-state index >= 15 is 0 Å². The molecule has 0 saturated heterocycles. The molecule has 1 unspecified atom stereocenters. The number of carbonyl (C=O) groups excluding carboxylic acids is 1. The molecule has 3 nitrogen and oxygen atoms in total. The molecule has 0 amide bonds. The number of esters is 1. The second-order valence-corrected chi connectivity index (χ2v) is 3.70. The van der Waals surface area contributed by atoms with Crippen molar-refractivity contribution in [2.75, 3.05) is 13.7 Å². The molecule has 15 heavy (non-hydrogen) atoms. The summed E-state index contributed by atoms with van der Waals surface area (Å²) in [5, 5.41) is 0. The zero-order valence-electron chi connectivity index (χ0n) is 10.0. The van der Waals surface area contributed by atoms with Crippen molar-refractivity contribution in [3.8, 4) is 0 Å². The summed E-state index contributed by atoms with van der Waals surface area (Å²) < 4.78 is 10.5. The van der Waals surface area contributed by atoms with Crippen LogP contribution in [0.4, 0.5) is 0 Å². The second-order valence-electron chi connectivity index (χ2n) is 3.70. The van der Waals surface area contributed by atoms with E-state index in [0.717, 1.165) is 25.7 Å². The number of rotatable bonds is 8. The highest BCUT2D eigenvalue weighted by molar-refractivity contribution is 5.81. The van der Waals surface area contributed by atoms with E-state index in [0.29, 0.717) is 6.61 Å². The number of ether oxygens (including phenoxy) is 2. The van der Waals surface area contributed by atoms with Gasteiger partial charge < -0.3 is 9.47 Å². The predicted molar refractivity (Wildman–Crippen MR) is 60.7 cm³/mol. The van der Waals surface area contributed by atoms with Gasteiger partial charge in [-0.05, 0) is 19.3 Å². The maximum Gasteiger partial charge on any atom is 0.330 e. The van der Waals surface area contributed by atoms with Gasteiger partial charge in [0.2, 0.25) is 0 Å². The van der Waals surface area contributed by atoms with Crippen LogP contribution in [0.3, 0.4) is 0 Å². The average Bonchev–Trinajstić information content (AvgIpc) is 2.26. The van der Waals surface area contributed by atoms with Crippen LogP contribution >= 0.6 is 0 Å². The van der Waals surface area contributed by atoms with E-state index in [2.05, 4.69) is 13.5 Å². The van der Waals surface area contributed by atoms with E-state index in [1.54, 1.807) is 7.11 Å². The van der Waals surface area contributed by atoms with Gasteiger partial charge in [0, 0.05) is 13.2 Å². The van der Waals surface area contributed by atoms with E-state index in [-0.39, 0.29) is 5.97 Å². The minimum Gasteiger partial charge on any atom is -0.453 e. The smallest absolute Gasteiger partial charge is 0.330 e. The Balaban J connectivity index is 4.47. The third kappa shape index (κ3) is 4.98. The van der Waals surface area contributed by atoms with E-state index < -0.39 is 5.60 Å². The van der Waals surface area contributed by atoms with Crippen LogP contribution in [-0.4, -0.2) is 25.3 Å². The maximum atomic E-state index is 11.2. The van der Waals surface area contributed by atoms with E-state index in [1.165, 1.54) is 6.08 Å². The molecule has 0 aliphatic rings. The summed E-state index contributed by atoms with van der Waals surface area (Å²) >= 11 is 0. The molecule has 0 aromatic rings. The Hall–Kier alpha value is -0.830. The van der Waals surface area contributed by atoms with Crippen LogP contribution in [-0.2, 0) is 14.3 Å². The quantitative estimate of drug-likeness (QED) is 0.460. The van der Waals surface area contributed by atoms with Gasteiger partial charge in [-0.3, -0.25) is 0 Å². The molecule has 0 radical (unpaired) electrons. The first-order valence-corrected chi connectivity index (χ1v) is 5.48. The van der Waals surface area contributed by atoms with Crippen molar-refractivity contribution in [2.24, 2.45) is 0 Å². The normalized spacial score (nSPS) is 14.3. The molecule has 0 spiro atoms. The van der Waals surface area contributed by atoms with E-state index in [4.69, 9.17) is 9.47 Å². The van der Waals surface area contributed by atoms with Crippen LogP contribution in [0.2, 0.25) is 0 Å². The largest absolute Gasteiger partial charge is 0.453 e. The molecule has 0 aliphatic heterocycles. The summed E-state index contributed by atoms with van der Waals surface area (Å²) in [4.78, 5) is 11.2. The summed E-state index contributed by atoms with van der Waals surface area (Å²) in [6.07, 6.45) is 4.92. The van der Waals surface area contributed by atoms with E-state index in [1.807, 2.05) is 6.92 Å². The van der Waals surface area contributed by atoms with Crippen LogP contribution in [0.5, 0.6) is 0 Å². The Bertz CT molecular complexity index is 201. The molecule has 0 rings (SSSR count). The van der Waals surface area contributed by atoms with Crippen LogP contribution < -0.4 is 0 Å². The second kappa shape index (κ2) is 7.46. The number of carbonyl (C=O) groups is 1. The first-order valence-electron chi connectivity index (χ1n) is 5.48. The van der Waals surface area contributed by atoms with Gasteiger partial charge in [-0.25, -0.2) is 4.79 Å². The van der Waals surface area contributed by atoms with Gasteiger partial charge >= 0.3 is 5.97 Å². The fraction of sp³-hybridized carbons (Fsp3) is 0.750. The van der Waals surface area contributed by atoms with Crippen molar-refractivity contribution >= 4 is 5.97 Å². The van der Waals surface area contributed by atoms with Gasteiger partial charge in [-0.2, -0.15) is 0 Å². The molecule has 88 valence electrons. The van der Waals surface area contributed by atoms with Crippen LogP contribution in [0.15, 0.2) is 12.7 Å². The molecule has 0 bridgehead atoms. The summed E-state index contributed by atoms with van der Waals surface area (Å²) in [5.74, 6) is -0.370. The van der Waals surface area contributed by atoms with Crippen molar-refractivity contribution < 1.29 is 14.3 Å². The van der Waals surface area contributed by atoms with Crippen molar-refractivity contribution in [2.45, 2.75) is 45.1 Å². The molecular formula is C12H22O3. The molecule has 0 aliphatic carbocycles. The zero-order chi connectivity index (χ0) is 11.7. The lowest BCUT2D eigenvalue weighted by Gasteiger charge is -2.31. The monoisotopic (exact) mass is 214 g/mol. The Morgan fingerprint density at radius 1 is 1.47 bits per heavy atom. The third-order valence-corrected chi connectivity index (χ3v) is 2.52. The van der Waals surface area contributed by atoms with Crippen molar-refractivity contribution in [1.82, 2.24) is 0 Å². The first kappa shape index (κ1) is 14.2. The van der Waals surface area contributed by atoms with Crippen LogP contribution in [0.1, 0.15) is 39.5 Å². The lowest BCUT2D eigenvalue weighted by Crippen LogP contribution is -2.38. The number of hydrogen-bond acceptors (Lipinski definition) is 3. The molecule has 1 atom stereocenters. The average molecular weight is 214 g/mol. The SMILES string of the molecule is C=CC(=O)OC(CC)(CCCC)COC. The first-order chi connectivity index (χ1) is 7.14. The molecule has 0 aromatic carbocycles. The van der Waals surface area contributed by atoms with Crippen LogP contribution in [0.25, 0.3) is 0 Å². The lowest BCUT2D eigenvalue weighted by molar-refractivity contribution is -0.161. The summed E-state index contributed by atoms with van der Waals surface area (Å²) in [6.45, 7) is 7.97. The molecule has 0 aromatic heterocycles. The Kier molecular flexibility index (Phi) is 7.05. The van der Waals surface area contributed by atoms with Crippen LogP contribution in [0, 0.1) is 0 Å². The minimum absolute atomic E-state index is 0.370. The fourth-order valence-electron chi connectivity index (χ4n) is 1.52. The Labute approximate surface area is 92.5 Å². The summed E-state index contributed by atoms with van der Waals surface area (Å²) in [7, 11) is 1.62. The predicted octanol–water partition coefficient (Wildman–Crippen LogP) is 2.70. The highest BCUT2D eigenvalue weighted by Crippen LogP contribution is 2.24. The van der Waals surface area contributed by atoms with Gasteiger partial charge in [0.1, 0.15) is 5.60 Å². The third-order valence-electron chi connectivity index (χ3n) is 2.52. The topological polar surface area (TPSA) is 35.5 Å². The van der Waals surface area contributed by atoms with Gasteiger partial charge in [0.15, 0.2) is 0 Å². The zero-order valence-corrected chi connectivity index (χ0v) is 10.0. The fourth-order valence-corrected chi connectivity index (χ4v) is 1.52. The van der Waals surface area contributed by atoms with Gasteiger partial charge in [-0.1, -0.05) is 26.8 Å². The van der Waals surface area contributed by atoms with Crippen molar-refractivity contribution in [3.63, 3.8) is 0 Å². The maximum absolute atomic E-state index is 11.2. The molecule has 0 N–H and O–H groups in total. The Morgan fingerprint density at radius 3 is 2.53 bits per heavy atom. The Morgan fingerprint density at radius 2 is 2.13 bits per heavy atom. The van der Waals surface area contributed by atoms with Crippen molar-refractivity contribution in [1.29, 1.82) is 0 Å². The molecule has 0 fully saturated rings. The lowest BCUT2D eigenvalue weighted by atomic mass is 9.94. The molecule has 3 heteroatoms. The van der Waals surface area contributed by atoms with Crippen molar-refractivity contribution in [3.05, 3.63) is 12.7 Å². The number of unbranched alkanes of at least 4 members (excludes halogenated alkanes) is 1. The highest BCUT2D eigenvalue weighted by atomic mass is 16.6. The van der Waals surface area contributed by atoms with Gasteiger partial charge in [0.25, 0.3) is 0 Å². The molecule has 0 saturated carbocycles. The molecular weight excluding hydrogens is 192 g/mol. The van der Waals surface area contributed by atoms with Gasteiger partial charge in [0.05, 0.1) is 6.61 Å². The number of hydrogen-bond donors (Lipinski definition) is 0. The molecule has 0 heterocycles. The summed E-state index contributed by atoms with van der Waals surface area (Å²) in [5.41, 5.74) is -0.476. The van der Waals surface area contributed by atoms with E-state index in [9.17, 15) is 4.79 Å². The van der Waals surface area contributed by atoms with Gasteiger partial charge in [-0.15, -0.1) is 0 Å². The number of methoxy groups -OCH3 is 1. The summed E-state index contributed by atoms with van der Waals surface area (Å²) in [6, 6.07) is 0. The standard InChI is InChI=1S/C12H22O3/c1-5-8-9-12(7-3,10-14-4)15-11(13)6-2/h6H,2,5,7-10H2,1,3-4H3. The minimum atomic E-state index is -0.476. The highest BCUT2D eigenvalue weighted by Gasteiger charge is 2.31.